The molecule has 1 heterocycles. The largest absolute Gasteiger partial charge is 0.272 e. The van der Waals surface area contributed by atoms with Crippen LogP contribution in [0, 0.1) is 10.6 Å². The van der Waals surface area contributed by atoms with E-state index in [1.807, 2.05) is 6.92 Å². The zero-order valence-corrected chi connectivity index (χ0v) is 10.8. The van der Waals surface area contributed by atoms with Gasteiger partial charge in [-0.1, -0.05) is 18.5 Å². The molecule has 2 aromatic rings. The summed E-state index contributed by atoms with van der Waals surface area (Å²) in [6, 6.07) is 4.58. The van der Waals surface area contributed by atoms with Gasteiger partial charge in [0.05, 0.1) is 10.7 Å². The van der Waals surface area contributed by atoms with Gasteiger partial charge >= 0.3 is 0 Å². The van der Waals surface area contributed by atoms with E-state index in [0.29, 0.717) is 10.5 Å². The van der Waals surface area contributed by atoms with Crippen molar-refractivity contribution in [2.45, 2.75) is 19.8 Å². The zero-order chi connectivity index (χ0) is 12.4. The van der Waals surface area contributed by atoms with Crippen molar-refractivity contribution in [2.75, 3.05) is 0 Å². The lowest BCUT2D eigenvalue weighted by atomic mass is 10.2. The van der Waals surface area contributed by atoms with Crippen molar-refractivity contribution in [1.82, 2.24) is 14.8 Å². The summed E-state index contributed by atoms with van der Waals surface area (Å²) in [6.45, 7) is 2.05. The molecule has 0 saturated heterocycles. The van der Waals surface area contributed by atoms with Crippen LogP contribution in [-0.4, -0.2) is 14.8 Å². The molecule has 90 valence electrons. The number of aryl methyl sites for hydroxylation is 1. The van der Waals surface area contributed by atoms with Crippen LogP contribution in [0.2, 0.25) is 5.02 Å². The second kappa shape index (κ2) is 4.98. The summed E-state index contributed by atoms with van der Waals surface area (Å²) in [7, 11) is 0. The highest BCUT2D eigenvalue weighted by Gasteiger charge is 2.09. The standard InChI is InChI=1S/C11H11ClFN3S/c1-2-3-10-14-15-11(17)16(10)7-4-5-8(12)9(13)6-7/h4-6H,2-3H2,1H3,(H,15,17). The predicted octanol–water partition coefficient (Wildman–Crippen LogP) is 3.67. The van der Waals surface area contributed by atoms with Crippen molar-refractivity contribution in [3.63, 3.8) is 0 Å². The third-order valence-electron chi connectivity index (χ3n) is 2.38. The molecule has 0 aliphatic carbocycles. The van der Waals surface area contributed by atoms with Crippen molar-refractivity contribution >= 4 is 23.8 Å². The van der Waals surface area contributed by atoms with E-state index in [0.717, 1.165) is 18.7 Å². The number of hydrogen-bond donors (Lipinski definition) is 1. The Morgan fingerprint density at radius 1 is 1.53 bits per heavy atom. The number of benzene rings is 1. The van der Waals surface area contributed by atoms with Crippen molar-refractivity contribution in [3.8, 4) is 5.69 Å². The topological polar surface area (TPSA) is 33.6 Å². The fraction of sp³-hybridized carbons (Fsp3) is 0.273. The highest BCUT2D eigenvalue weighted by Crippen LogP contribution is 2.19. The van der Waals surface area contributed by atoms with E-state index in [4.69, 9.17) is 23.8 Å². The minimum Gasteiger partial charge on any atom is -0.272 e. The SMILES string of the molecule is CCCc1n[nH]c(=S)n1-c1ccc(Cl)c(F)c1. The highest BCUT2D eigenvalue weighted by molar-refractivity contribution is 7.71. The molecule has 0 fully saturated rings. The molecule has 17 heavy (non-hydrogen) atoms. The fourth-order valence-corrected chi connectivity index (χ4v) is 1.99. The number of aromatic nitrogens is 3. The predicted molar refractivity (Wildman–Crippen MR) is 67.7 cm³/mol. The Morgan fingerprint density at radius 3 is 2.94 bits per heavy atom. The molecule has 0 amide bonds. The third-order valence-corrected chi connectivity index (χ3v) is 2.96. The molecule has 0 bridgehead atoms. The Balaban J connectivity index is 2.55. The Kier molecular flexibility index (Phi) is 3.59. The van der Waals surface area contributed by atoms with Crippen LogP contribution in [0.3, 0.4) is 0 Å². The zero-order valence-electron chi connectivity index (χ0n) is 9.20. The van der Waals surface area contributed by atoms with Crippen LogP contribution in [0.5, 0.6) is 0 Å². The monoisotopic (exact) mass is 271 g/mol. The lowest BCUT2D eigenvalue weighted by molar-refractivity contribution is 0.626. The molecule has 0 aliphatic rings. The van der Waals surface area contributed by atoms with E-state index in [-0.39, 0.29) is 5.02 Å². The molecule has 1 aromatic heterocycles. The molecule has 0 atom stereocenters. The maximum Gasteiger partial charge on any atom is 0.199 e. The Hall–Kier alpha value is -1.20. The first kappa shape index (κ1) is 12.3. The van der Waals surface area contributed by atoms with Gasteiger partial charge in [0.1, 0.15) is 11.6 Å². The number of aromatic amines is 1. The van der Waals surface area contributed by atoms with Crippen molar-refractivity contribution in [1.29, 1.82) is 0 Å². The fourth-order valence-electron chi connectivity index (χ4n) is 1.61. The molecule has 0 radical (unpaired) electrons. The van der Waals surface area contributed by atoms with Crippen LogP contribution >= 0.6 is 23.8 Å². The summed E-state index contributed by atoms with van der Waals surface area (Å²) < 4.78 is 15.6. The number of halogens is 2. The van der Waals surface area contributed by atoms with Crippen LogP contribution in [0.1, 0.15) is 19.2 Å². The second-order valence-electron chi connectivity index (χ2n) is 3.63. The lowest BCUT2D eigenvalue weighted by Crippen LogP contribution is -2.01. The van der Waals surface area contributed by atoms with Crippen LogP contribution < -0.4 is 0 Å². The summed E-state index contributed by atoms with van der Waals surface area (Å²) >= 11 is 10.8. The molecule has 1 aromatic carbocycles. The molecule has 0 saturated carbocycles. The third kappa shape index (κ3) is 2.40. The molecule has 2 rings (SSSR count). The van der Waals surface area contributed by atoms with Gasteiger partial charge in [0.2, 0.25) is 0 Å². The number of hydrogen-bond acceptors (Lipinski definition) is 2. The van der Waals surface area contributed by atoms with E-state index in [1.165, 1.54) is 12.1 Å². The van der Waals surface area contributed by atoms with Gasteiger partial charge in [0.15, 0.2) is 4.77 Å². The summed E-state index contributed by atoms with van der Waals surface area (Å²) in [6.07, 6.45) is 1.72. The van der Waals surface area contributed by atoms with Crippen LogP contribution in [0.15, 0.2) is 18.2 Å². The molecule has 1 N–H and O–H groups in total. The van der Waals surface area contributed by atoms with Gasteiger partial charge in [-0.3, -0.25) is 9.67 Å². The van der Waals surface area contributed by atoms with E-state index < -0.39 is 5.82 Å². The van der Waals surface area contributed by atoms with Gasteiger partial charge in [-0.25, -0.2) is 4.39 Å². The lowest BCUT2D eigenvalue weighted by Gasteiger charge is -2.06. The van der Waals surface area contributed by atoms with Gasteiger partial charge in [0.25, 0.3) is 0 Å². The smallest absolute Gasteiger partial charge is 0.199 e. The summed E-state index contributed by atoms with van der Waals surface area (Å²) in [5, 5.41) is 6.94. The summed E-state index contributed by atoms with van der Waals surface area (Å²) in [5.74, 6) is 0.328. The molecular formula is C11H11ClFN3S. The number of nitrogens with zero attached hydrogens (tertiary/aromatic N) is 2. The average Bonchev–Trinajstić information content (AvgIpc) is 2.65. The Morgan fingerprint density at radius 2 is 2.29 bits per heavy atom. The van der Waals surface area contributed by atoms with Crippen molar-refractivity contribution in [3.05, 3.63) is 39.6 Å². The van der Waals surface area contributed by atoms with Crippen LogP contribution in [0.4, 0.5) is 4.39 Å². The number of rotatable bonds is 3. The highest BCUT2D eigenvalue weighted by atomic mass is 35.5. The van der Waals surface area contributed by atoms with E-state index in [1.54, 1.807) is 10.6 Å². The quantitative estimate of drug-likeness (QED) is 0.864. The van der Waals surface area contributed by atoms with Gasteiger partial charge in [0, 0.05) is 6.42 Å². The number of nitrogens with one attached hydrogen (secondary N) is 1. The maximum atomic E-state index is 13.4. The average molecular weight is 272 g/mol. The molecule has 6 heteroatoms. The second-order valence-corrected chi connectivity index (χ2v) is 4.42. The molecular weight excluding hydrogens is 261 g/mol. The maximum absolute atomic E-state index is 13.4. The molecule has 0 aliphatic heterocycles. The minimum atomic E-state index is -0.463. The molecule has 0 spiro atoms. The first-order valence-electron chi connectivity index (χ1n) is 5.25. The van der Waals surface area contributed by atoms with Gasteiger partial charge in [-0.2, -0.15) is 5.10 Å². The first-order valence-corrected chi connectivity index (χ1v) is 6.04. The first-order chi connectivity index (χ1) is 8.13. The van der Waals surface area contributed by atoms with Crippen LogP contribution in [0.25, 0.3) is 5.69 Å². The van der Waals surface area contributed by atoms with E-state index in [9.17, 15) is 4.39 Å². The Labute approximate surface area is 108 Å². The summed E-state index contributed by atoms with van der Waals surface area (Å²) in [4.78, 5) is 0. The Bertz CT molecular complexity index is 591. The van der Waals surface area contributed by atoms with Gasteiger partial charge in [-0.15, -0.1) is 0 Å². The van der Waals surface area contributed by atoms with Crippen molar-refractivity contribution in [2.24, 2.45) is 0 Å². The minimum absolute atomic E-state index is 0.0980. The molecule has 3 nitrogen and oxygen atoms in total. The van der Waals surface area contributed by atoms with Crippen molar-refractivity contribution < 1.29 is 4.39 Å². The van der Waals surface area contributed by atoms with Crippen LogP contribution in [-0.2, 0) is 6.42 Å². The number of H-pyrrole nitrogens is 1. The van der Waals surface area contributed by atoms with Gasteiger partial charge in [-0.05, 0) is 36.8 Å². The normalized spacial score (nSPS) is 10.8. The van der Waals surface area contributed by atoms with E-state index in [2.05, 4.69) is 10.2 Å². The van der Waals surface area contributed by atoms with E-state index >= 15 is 0 Å². The molecule has 0 unspecified atom stereocenters. The van der Waals surface area contributed by atoms with Gasteiger partial charge < -0.3 is 0 Å². The summed E-state index contributed by atoms with van der Waals surface area (Å²) in [5.41, 5.74) is 0.633.